The van der Waals surface area contributed by atoms with Gasteiger partial charge in [0.15, 0.2) is 12.4 Å². The quantitative estimate of drug-likeness (QED) is 0.209. The number of nitrogens with zero attached hydrogens (tertiary/aromatic N) is 2. The van der Waals surface area contributed by atoms with Gasteiger partial charge in [-0.05, 0) is 48.0 Å². The van der Waals surface area contributed by atoms with Gasteiger partial charge in [0.1, 0.15) is 0 Å². The Morgan fingerprint density at radius 2 is 1.91 bits per heavy atom. The van der Waals surface area contributed by atoms with E-state index in [9.17, 15) is 24.5 Å². The molecule has 2 aromatic carbocycles. The summed E-state index contributed by atoms with van der Waals surface area (Å²) in [6.45, 7) is 1.39. The molecule has 1 saturated heterocycles. The number of non-ortho nitro benzene ring substituents is 1. The Balaban J connectivity index is 1.76. The van der Waals surface area contributed by atoms with E-state index in [-0.39, 0.29) is 46.1 Å². The van der Waals surface area contributed by atoms with E-state index >= 15 is 0 Å². The largest absolute Gasteiger partial charge is 0.479 e. The van der Waals surface area contributed by atoms with E-state index in [4.69, 9.17) is 32.7 Å². The number of carbonyl (C=O) groups is 3. The second kappa shape index (κ2) is 10.7. The van der Waals surface area contributed by atoms with Crippen LogP contribution in [0.25, 0.3) is 6.08 Å². The van der Waals surface area contributed by atoms with E-state index in [1.807, 2.05) is 0 Å². The topological polar surface area (TPSA) is 116 Å². The number of nitro benzene ring substituents is 1. The van der Waals surface area contributed by atoms with Gasteiger partial charge in [-0.15, -0.1) is 0 Å². The Labute approximate surface area is 202 Å². The van der Waals surface area contributed by atoms with Gasteiger partial charge in [0, 0.05) is 12.1 Å². The minimum absolute atomic E-state index is 0.0855. The monoisotopic (exact) mass is 510 g/mol. The molecular formula is C21H16Cl2N2O7S. The summed E-state index contributed by atoms with van der Waals surface area (Å²) in [5.74, 6) is -1.04. The fourth-order valence-electron chi connectivity index (χ4n) is 2.87. The standard InChI is InChI=1S/C21H16Cl2N2O7S/c1-2-31-18(26)11-32-19-15(22)7-13(8-16(19)23)9-17-20(27)24(21(28)33-17)10-12-4-3-5-14(6-12)25(29)30/h3-9H,2,10-11H2,1H3/b17-9+. The van der Waals surface area contributed by atoms with Crippen molar-refractivity contribution in [1.82, 2.24) is 4.90 Å². The van der Waals surface area contributed by atoms with Crippen LogP contribution in [0.3, 0.4) is 0 Å². The molecule has 0 saturated carbocycles. The van der Waals surface area contributed by atoms with Crippen molar-refractivity contribution >= 4 is 63.8 Å². The van der Waals surface area contributed by atoms with Crippen molar-refractivity contribution in [3.63, 3.8) is 0 Å². The summed E-state index contributed by atoms with van der Waals surface area (Å²) in [4.78, 5) is 48.1. The van der Waals surface area contributed by atoms with Crippen LogP contribution in [-0.4, -0.2) is 40.2 Å². The van der Waals surface area contributed by atoms with Crippen LogP contribution in [-0.2, 0) is 20.9 Å². The van der Waals surface area contributed by atoms with Crippen LogP contribution in [0.15, 0.2) is 41.3 Å². The predicted molar refractivity (Wildman–Crippen MR) is 123 cm³/mol. The lowest BCUT2D eigenvalue weighted by molar-refractivity contribution is -0.384. The maximum absolute atomic E-state index is 12.8. The number of carbonyl (C=O) groups excluding carboxylic acids is 3. The number of benzene rings is 2. The van der Waals surface area contributed by atoms with E-state index in [0.29, 0.717) is 11.1 Å². The van der Waals surface area contributed by atoms with Gasteiger partial charge in [-0.1, -0.05) is 35.3 Å². The Hall–Kier alpha value is -3.08. The number of rotatable bonds is 8. The molecule has 0 unspecified atom stereocenters. The average molecular weight is 511 g/mol. The Morgan fingerprint density at radius 1 is 1.21 bits per heavy atom. The van der Waals surface area contributed by atoms with E-state index in [0.717, 1.165) is 16.7 Å². The molecule has 0 aliphatic carbocycles. The minimum atomic E-state index is -0.578. The van der Waals surface area contributed by atoms with Crippen LogP contribution in [0.2, 0.25) is 10.0 Å². The molecule has 33 heavy (non-hydrogen) atoms. The Morgan fingerprint density at radius 3 is 2.55 bits per heavy atom. The van der Waals surface area contributed by atoms with Gasteiger partial charge < -0.3 is 9.47 Å². The Bertz CT molecular complexity index is 1150. The number of nitro groups is 1. The van der Waals surface area contributed by atoms with Crippen LogP contribution >= 0.6 is 35.0 Å². The number of esters is 1. The van der Waals surface area contributed by atoms with Crippen LogP contribution in [0.1, 0.15) is 18.1 Å². The van der Waals surface area contributed by atoms with Crippen LogP contribution < -0.4 is 4.74 Å². The molecule has 172 valence electrons. The highest BCUT2D eigenvalue weighted by atomic mass is 35.5. The molecule has 0 radical (unpaired) electrons. The number of thioether (sulfide) groups is 1. The van der Waals surface area contributed by atoms with Crippen LogP contribution in [0.5, 0.6) is 5.75 Å². The zero-order chi connectivity index (χ0) is 24.1. The lowest BCUT2D eigenvalue weighted by atomic mass is 10.1. The average Bonchev–Trinajstić information content (AvgIpc) is 3.01. The second-order valence-corrected chi connectivity index (χ2v) is 8.41. The Kier molecular flexibility index (Phi) is 7.96. The van der Waals surface area contributed by atoms with Gasteiger partial charge in [0.25, 0.3) is 16.8 Å². The van der Waals surface area contributed by atoms with Crippen LogP contribution in [0, 0.1) is 10.1 Å². The zero-order valence-electron chi connectivity index (χ0n) is 17.1. The van der Waals surface area contributed by atoms with E-state index < -0.39 is 22.0 Å². The number of hydrogen-bond acceptors (Lipinski definition) is 8. The van der Waals surface area contributed by atoms with Gasteiger partial charge in [-0.2, -0.15) is 0 Å². The first kappa shape index (κ1) is 24.6. The molecule has 1 fully saturated rings. The zero-order valence-corrected chi connectivity index (χ0v) is 19.4. The molecule has 1 heterocycles. The minimum Gasteiger partial charge on any atom is -0.479 e. The molecule has 3 rings (SSSR count). The molecule has 2 aromatic rings. The molecule has 0 atom stereocenters. The normalized spacial score (nSPS) is 14.6. The highest BCUT2D eigenvalue weighted by Gasteiger charge is 2.35. The molecule has 0 bridgehead atoms. The highest BCUT2D eigenvalue weighted by molar-refractivity contribution is 8.18. The van der Waals surface area contributed by atoms with Crippen molar-refractivity contribution in [2.75, 3.05) is 13.2 Å². The molecule has 12 heteroatoms. The molecule has 9 nitrogen and oxygen atoms in total. The highest BCUT2D eigenvalue weighted by Crippen LogP contribution is 2.38. The third-order valence-corrected chi connectivity index (χ3v) is 5.76. The van der Waals surface area contributed by atoms with Gasteiger partial charge in [-0.3, -0.25) is 24.6 Å². The van der Waals surface area contributed by atoms with Crippen LogP contribution in [0.4, 0.5) is 10.5 Å². The van der Waals surface area contributed by atoms with Crippen molar-refractivity contribution in [1.29, 1.82) is 0 Å². The third-order valence-electron chi connectivity index (χ3n) is 4.29. The van der Waals surface area contributed by atoms with Gasteiger partial charge in [0.2, 0.25) is 0 Å². The van der Waals surface area contributed by atoms with Crippen molar-refractivity contribution in [3.05, 3.63) is 72.6 Å². The fraction of sp³-hybridized carbons (Fsp3) is 0.190. The smallest absolute Gasteiger partial charge is 0.344 e. The number of ether oxygens (including phenoxy) is 2. The SMILES string of the molecule is CCOC(=O)COc1c(Cl)cc(/C=C2/SC(=O)N(Cc3cccc([N+](=O)[O-])c3)C2=O)cc1Cl. The first-order valence-corrected chi connectivity index (χ1v) is 11.0. The van der Waals surface area contributed by atoms with Crippen molar-refractivity contribution in [2.24, 2.45) is 0 Å². The third kappa shape index (κ3) is 6.04. The molecule has 0 N–H and O–H groups in total. The molecule has 0 aromatic heterocycles. The summed E-state index contributed by atoms with van der Waals surface area (Å²) in [5.41, 5.74) is 0.751. The number of amides is 2. The number of imide groups is 1. The van der Waals surface area contributed by atoms with E-state index in [1.54, 1.807) is 13.0 Å². The van der Waals surface area contributed by atoms with Gasteiger partial charge >= 0.3 is 5.97 Å². The molecular weight excluding hydrogens is 495 g/mol. The van der Waals surface area contributed by atoms with Crippen molar-refractivity contribution in [3.8, 4) is 5.75 Å². The molecule has 0 spiro atoms. The first-order chi connectivity index (χ1) is 15.7. The molecule has 1 aliphatic heterocycles. The summed E-state index contributed by atoms with van der Waals surface area (Å²) in [5, 5.41) is 10.6. The maximum atomic E-state index is 12.8. The molecule has 1 aliphatic rings. The summed E-state index contributed by atoms with van der Waals surface area (Å²) in [6.07, 6.45) is 1.45. The molecule has 2 amide bonds. The van der Waals surface area contributed by atoms with Crippen molar-refractivity contribution in [2.45, 2.75) is 13.5 Å². The number of hydrogen-bond donors (Lipinski definition) is 0. The summed E-state index contributed by atoms with van der Waals surface area (Å²) in [6, 6.07) is 8.66. The lowest BCUT2D eigenvalue weighted by Gasteiger charge is -2.12. The second-order valence-electron chi connectivity index (χ2n) is 6.60. The lowest BCUT2D eigenvalue weighted by Crippen LogP contribution is -2.27. The van der Waals surface area contributed by atoms with E-state index in [2.05, 4.69) is 0 Å². The summed E-state index contributed by atoms with van der Waals surface area (Å²) in [7, 11) is 0. The summed E-state index contributed by atoms with van der Waals surface area (Å²) < 4.78 is 10.1. The maximum Gasteiger partial charge on any atom is 0.344 e. The van der Waals surface area contributed by atoms with Gasteiger partial charge in [-0.25, -0.2) is 4.79 Å². The van der Waals surface area contributed by atoms with E-state index in [1.165, 1.54) is 36.4 Å². The fourth-order valence-corrected chi connectivity index (χ4v) is 4.32. The predicted octanol–water partition coefficient (Wildman–Crippen LogP) is 5.08. The summed E-state index contributed by atoms with van der Waals surface area (Å²) >= 11 is 13.1. The number of halogens is 2. The van der Waals surface area contributed by atoms with Crippen molar-refractivity contribution < 1.29 is 28.8 Å². The first-order valence-electron chi connectivity index (χ1n) is 9.45. The van der Waals surface area contributed by atoms with Gasteiger partial charge in [0.05, 0.1) is 33.0 Å².